The molecule has 0 heterocycles. The normalized spacial score (nSPS) is 11.3. The average Bonchev–Trinajstić information content (AvgIpc) is 2.07. The number of hydrogen-bond acceptors (Lipinski definition) is 3. The van der Waals surface area contributed by atoms with E-state index in [0.717, 1.165) is 0 Å². The molecule has 88 valence electrons. The van der Waals surface area contributed by atoms with Crippen LogP contribution in [-0.4, -0.2) is 11.3 Å². The van der Waals surface area contributed by atoms with Crippen molar-refractivity contribution in [3.8, 4) is 5.75 Å². The smallest absolute Gasteiger partial charge is 0.398 e. The van der Waals surface area contributed by atoms with E-state index in [4.69, 9.17) is 11.6 Å². The van der Waals surface area contributed by atoms with Gasteiger partial charge in [-0.1, -0.05) is 11.6 Å². The summed E-state index contributed by atoms with van der Waals surface area (Å²) in [5.41, 5.74) is -1.07. The van der Waals surface area contributed by atoms with Crippen LogP contribution < -0.4 is 4.74 Å². The van der Waals surface area contributed by atoms with Crippen LogP contribution in [0.2, 0.25) is 5.02 Å². The van der Waals surface area contributed by atoms with Crippen molar-refractivity contribution in [1.29, 1.82) is 0 Å². The molecule has 1 aromatic carbocycles. The zero-order valence-electron chi connectivity index (χ0n) is 7.22. The number of halogens is 5. The Bertz CT molecular complexity index is 434. The minimum Gasteiger partial charge on any atom is -0.398 e. The van der Waals surface area contributed by atoms with Crippen molar-refractivity contribution in [2.75, 3.05) is 0 Å². The van der Waals surface area contributed by atoms with Crippen LogP contribution in [0.5, 0.6) is 5.75 Å². The molecule has 0 spiro atoms. The highest BCUT2D eigenvalue weighted by Gasteiger charge is 2.35. The minimum absolute atomic E-state index is 0.202. The van der Waals surface area contributed by atoms with Crippen molar-refractivity contribution < 1.29 is 27.2 Å². The molecular weight excluding hydrogens is 258 g/mol. The van der Waals surface area contributed by atoms with E-state index in [1.54, 1.807) is 0 Å². The van der Waals surface area contributed by atoms with Gasteiger partial charge >= 0.3 is 12.0 Å². The second-order valence-electron chi connectivity index (χ2n) is 2.54. The van der Waals surface area contributed by atoms with Crippen LogP contribution >= 0.6 is 11.6 Å². The third kappa shape index (κ3) is 2.96. The van der Waals surface area contributed by atoms with Crippen LogP contribution in [-0.2, 0) is 0 Å². The molecule has 0 aliphatic carbocycles. The molecule has 0 atom stereocenters. The standard InChI is InChI=1S/C7H2ClF4NO3/c8-3-1-5(13(14)15)6(2-4(3)9)16-7(10,11)12/h1-2H. The maximum absolute atomic E-state index is 12.8. The van der Waals surface area contributed by atoms with Crippen molar-refractivity contribution in [1.82, 2.24) is 0 Å². The van der Waals surface area contributed by atoms with Crippen molar-refractivity contribution in [3.63, 3.8) is 0 Å². The Hall–Kier alpha value is -1.57. The Morgan fingerprint density at radius 1 is 1.38 bits per heavy atom. The predicted molar refractivity (Wildman–Crippen MR) is 44.7 cm³/mol. The molecule has 16 heavy (non-hydrogen) atoms. The molecule has 9 heteroatoms. The van der Waals surface area contributed by atoms with E-state index >= 15 is 0 Å². The first-order valence-electron chi connectivity index (χ1n) is 3.60. The molecular formula is C7H2ClF4NO3. The van der Waals surface area contributed by atoms with Gasteiger partial charge in [0.25, 0.3) is 0 Å². The predicted octanol–water partition coefficient (Wildman–Crippen LogP) is 3.29. The molecule has 0 unspecified atom stereocenters. The van der Waals surface area contributed by atoms with Crippen LogP contribution in [0.15, 0.2) is 12.1 Å². The summed E-state index contributed by atoms with van der Waals surface area (Å²) in [5.74, 6) is -2.49. The summed E-state index contributed by atoms with van der Waals surface area (Å²) in [6.07, 6.45) is -5.15. The number of nitro groups is 1. The molecule has 0 saturated heterocycles. The third-order valence-electron chi connectivity index (χ3n) is 1.42. The Morgan fingerprint density at radius 2 is 1.94 bits per heavy atom. The lowest BCUT2D eigenvalue weighted by Gasteiger charge is -2.09. The number of hydrogen-bond donors (Lipinski definition) is 0. The zero-order chi connectivity index (χ0) is 12.5. The lowest BCUT2D eigenvalue weighted by molar-refractivity contribution is -0.388. The van der Waals surface area contributed by atoms with Gasteiger partial charge in [0.15, 0.2) is 0 Å². The van der Waals surface area contributed by atoms with Crippen LogP contribution in [0.3, 0.4) is 0 Å². The fraction of sp³-hybridized carbons (Fsp3) is 0.143. The largest absolute Gasteiger partial charge is 0.573 e. The SMILES string of the molecule is O=[N+]([O-])c1cc(Cl)c(F)cc1OC(F)(F)F. The molecule has 0 fully saturated rings. The summed E-state index contributed by atoms with van der Waals surface area (Å²) in [6, 6.07) is 0.645. The van der Waals surface area contributed by atoms with Crippen LogP contribution in [0, 0.1) is 15.9 Å². The van der Waals surface area contributed by atoms with Gasteiger partial charge in [-0.15, -0.1) is 13.2 Å². The first-order valence-corrected chi connectivity index (χ1v) is 3.97. The van der Waals surface area contributed by atoms with Gasteiger partial charge in [-0.25, -0.2) is 4.39 Å². The first-order chi connectivity index (χ1) is 7.20. The maximum Gasteiger partial charge on any atom is 0.573 e. The first kappa shape index (κ1) is 12.5. The van der Waals surface area contributed by atoms with Crippen molar-refractivity contribution in [3.05, 3.63) is 33.1 Å². The van der Waals surface area contributed by atoms with Gasteiger partial charge in [-0.2, -0.15) is 0 Å². The third-order valence-corrected chi connectivity index (χ3v) is 1.71. The number of nitrogens with zero attached hydrogens (tertiary/aromatic N) is 1. The van der Waals surface area contributed by atoms with Crippen molar-refractivity contribution in [2.45, 2.75) is 6.36 Å². The number of benzene rings is 1. The van der Waals surface area contributed by atoms with Crippen LogP contribution in [0.4, 0.5) is 23.2 Å². The highest BCUT2D eigenvalue weighted by atomic mass is 35.5. The molecule has 0 bridgehead atoms. The molecule has 0 amide bonds. The summed E-state index contributed by atoms with van der Waals surface area (Å²) in [7, 11) is 0. The molecule has 0 N–H and O–H groups in total. The average molecular weight is 260 g/mol. The number of alkyl halides is 3. The van der Waals surface area contributed by atoms with Gasteiger partial charge in [-0.05, 0) is 0 Å². The Balaban J connectivity index is 3.25. The van der Waals surface area contributed by atoms with E-state index in [0.29, 0.717) is 6.07 Å². The summed E-state index contributed by atoms with van der Waals surface area (Å²) in [5, 5.41) is 9.68. The van der Waals surface area contributed by atoms with Gasteiger partial charge in [0.05, 0.1) is 9.95 Å². The molecule has 0 saturated carbocycles. The van der Waals surface area contributed by atoms with E-state index in [1.165, 1.54) is 0 Å². The highest BCUT2D eigenvalue weighted by Crippen LogP contribution is 2.35. The van der Waals surface area contributed by atoms with Crippen LogP contribution in [0.25, 0.3) is 0 Å². The number of nitro benzene ring substituents is 1. The van der Waals surface area contributed by atoms with Crippen LogP contribution in [0.1, 0.15) is 0 Å². The Kier molecular flexibility index (Phi) is 3.22. The fourth-order valence-corrected chi connectivity index (χ4v) is 1.03. The van der Waals surface area contributed by atoms with Gasteiger partial charge < -0.3 is 4.74 Å². The molecule has 4 nitrogen and oxygen atoms in total. The molecule has 1 aromatic rings. The van der Waals surface area contributed by atoms with Gasteiger partial charge in [0.2, 0.25) is 5.75 Å². The topological polar surface area (TPSA) is 52.4 Å². The second-order valence-corrected chi connectivity index (χ2v) is 2.95. The van der Waals surface area contributed by atoms with E-state index in [1.807, 2.05) is 0 Å². The van der Waals surface area contributed by atoms with E-state index < -0.39 is 33.6 Å². The van der Waals surface area contributed by atoms with E-state index in [2.05, 4.69) is 4.74 Å². The molecule has 0 aromatic heterocycles. The highest BCUT2D eigenvalue weighted by molar-refractivity contribution is 6.31. The summed E-state index contributed by atoms with van der Waals surface area (Å²) in [6.45, 7) is 0. The van der Waals surface area contributed by atoms with Gasteiger partial charge in [0.1, 0.15) is 5.82 Å². The van der Waals surface area contributed by atoms with E-state index in [-0.39, 0.29) is 6.07 Å². The molecule has 0 aliphatic heterocycles. The molecule has 0 aliphatic rings. The fourth-order valence-electron chi connectivity index (χ4n) is 0.867. The lowest BCUT2D eigenvalue weighted by atomic mass is 10.3. The van der Waals surface area contributed by atoms with E-state index in [9.17, 15) is 27.7 Å². The quantitative estimate of drug-likeness (QED) is 0.465. The Labute approximate surface area is 90.5 Å². The zero-order valence-corrected chi connectivity index (χ0v) is 7.97. The molecule has 0 radical (unpaired) electrons. The minimum atomic E-state index is -5.15. The van der Waals surface area contributed by atoms with Gasteiger partial charge in [0, 0.05) is 12.1 Å². The van der Waals surface area contributed by atoms with Crippen molar-refractivity contribution >= 4 is 17.3 Å². The molecule has 1 rings (SSSR count). The summed E-state index contributed by atoms with van der Waals surface area (Å²) in [4.78, 5) is 9.19. The number of rotatable bonds is 2. The van der Waals surface area contributed by atoms with Crippen molar-refractivity contribution in [2.24, 2.45) is 0 Å². The maximum atomic E-state index is 12.8. The summed E-state index contributed by atoms with van der Waals surface area (Å²) < 4.78 is 51.5. The van der Waals surface area contributed by atoms with Gasteiger partial charge in [-0.3, -0.25) is 10.1 Å². The summed E-state index contributed by atoms with van der Waals surface area (Å²) >= 11 is 5.18. The lowest BCUT2D eigenvalue weighted by Crippen LogP contribution is -2.18. The number of ether oxygens (including phenoxy) is 1. The Morgan fingerprint density at radius 3 is 2.38 bits per heavy atom. The monoisotopic (exact) mass is 259 g/mol. The second kappa shape index (κ2) is 4.12.